The molecule has 2 heterocycles. The van der Waals surface area contributed by atoms with Crippen molar-refractivity contribution in [3.63, 3.8) is 0 Å². The van der Waals surface area contributed by atoms with Gasteiger partial charge >= 0.3 is 0 Å². The highest BCUT2D eigenvalue weighted by molar-refractivity contribution is 5.20. The van der Waals surface area contributed by atoms with Gasteiger partial charge in [-0.3, -0.25) is 4.68 Å². The van der Waals surface area contributed by atoms with Gasteiger partial charge in [0.2, 0.25) is 0 Å². The Kier molecular flexibility index (Phi) is 4.74. The first-order chi connectivity index (χ1) is 9.26. The lowest BCUT2D eigenvalue weighted by Gasteiger charge is -2.18. The first-order valence-corrected chi connectivity index (χ1v) is 6.99. The molecule has 1 unspecified atom stereocenters. The predicted octanol–water partition coefficient (Wildman–Crippen LogP) is 2.12. The second kappa shape index (κ2) is 6.52. The van der Waals surface area contributed by atoms with Gasteiger partial charge in [-0.05, 0) is 25.5 Å². The molecule has 1 atom stereocenters. The summed E-state index contributed by atoms with van der Waals surface area (Å²) in [6, 6.07) is 2.20. The van der Waals surface area contributed by atoms with E-state index in [-0.39, 0.29) is 6.04 Å². The fraction of sp³-hybridized carbons (Fsp3) is 0.571. The Hall–Kier alpha value is -1.62. The molecular weight excluding hydrogens is 238 g/mol. The number of nitrogens with zero attached hydrogens (tertiary/aromatic N) is 4. The van der Waals surface area contributed by atoms with Crippen LogP contribution >= 0.6 is 0 Å². The van der Waals surface area contributed by atoms with Crippen molar-refractivity contribution in [3.8, 4) is 0 Å². The van der Waals surface area contributed by atoms with Gasteiger partial charge in [0.25, 0.3) is 0 Å². The highest BCUT2D eigenvalue weighted by Gasteiger charge is 2.19. The number of hydrogen-bond donors (Lipinski definition) is 1. The quantitative estimate of drug-likeness (QED) is 0.830. The van der Waals surface area contributed by atoms with E-state index in [9.17, 15) is 0 Å². The lowest BCUT2D eigenvalue weighted by Crippen LogP contribution is -2.26. The Labute approximate surface area is 114 Å². The zero-order chi connectivity index (χ0) is 13.7. The van der Waals surface area contributed by atoms with Crippen LogP contribution in [0, 0.1) is 0 Å². The third kappa shape index (κ3) is 3.23. The van der Waals surface area contributed by atoms with Crippen LogP contribution in [0.4, 0.5) is 0 Å². The zero-order valence-corrected chi connectivity index (χ0v) is 12.0. The highest BCUT2D eigenvalue weighted by Crippen LogP contribution is 2.20. The van der Waals surface area contributed by atoms with Crippen molar-refractivity contribution in [2.24, 2.45) is 7.05 Å². The van der Waals surface area contributed by atoms with E-state index in [4.69, 9.17) is 0 Å². The number of imidazole rings is 1. The summed E-state index contributed by atoms with van der Waals surface area (Å²) in [5.41, 5.74) is 2.24. The van der Waals surface area contributed by atoms with E-state index in [0.29, 0.717) is 0 Å². The molecule has 2 aromatic rings. The molecule has 0 bridgehead atoms. The first kappa shape index (κ1) is 13.8. The molecule has 0 saturated heterocycles. The molecular formula is C14H23N5. The number of nitrogens with one attached hydrogen (secondary N) is 1. The largest absolute Gasteiger partial charge is 0.340 e. The van der Waals surface area contributed by atoms with Crippen molar-refractivity contribution < 1.29 is 0 Å². The maximum Gasteiger partial charge on any atom is 0.0947 e. The Morgan fingerprint density at radius 2 is 2.16 bits per heavy atom. The molecule has 0 aliphatic rings. The molecule has 0 aliphatic carbocycles. The molecule has 5 heteroatoms. The normalized spacial score (nSPS) is 12.8. The van der Waals surface area contributed by atoms with E-state index >= 15 is 0 Å². The van der Waals surface area contributed by atoms with E-state index < -0.39 is 0 Å². The molecule has 104 valence electrons. The van der Waals surface area contributed by atoms with Crippen LogP contribution in [-0.2, 0) is 13.6 Å². The molecule has 0 radical (unpaired) electrons. The van der Waals surface area contributed by atoms with Crippen molar-refractivity contribution in [1.29, 1.82) is 0 Å². The number of aromatic nitrogens is 4. The molecule has 1 N–H and O–H groups in total. The van der Waals surface area contributed by atoms with Crippen LogP contribution in [0.5, 0.6) is 0 Å². The molecule has 0 spiro atoms. The molecule has 19 heavy (non-hydrogen) atoms. The molecule has 0 aliphatic heterocycles. The number of hydrogen-bond acceptors (Lipinski definition) is 3. The Bertz CT molecular complexity index is 499. The van der Waals surface area contributed by atoms with Crippen molar-refractivity contribution in [1.82, 2.24) is 24.6 Å². The second-order valence-corrected chi connectivity index (χ2v) is 4.83. The Balaban J connectivity index is 2.28. The SMILES string of the molecule is CCCNC(c1cn(C)cn1)c1ccnn1CCC. The minimum atomic E-state index is 0.121. The van der Waals surface area contributed by atoms with Gasteiger partial charge in [-0.2, -0.15) is 5.10 Å². The minimum absolute atomic E-state index is 0.121. The van der Waals surface area contributed by atoms with Crippen LogP contribution in [-0.4, -0.2) is 25.9 Å². The summed E-state index contributed by atoms with van der Waals surface area (Å²) in [5, 5.41) is 7.97. The van der Waals surface area contributed by atoms with Gasteiger partial charge in [0, 0.05) is 26.0 Å². The lowest BCUT2D eigenvalue weighted by molar-refractivity contribution is 0.506. The molecule has 2 rings (SSSR count). The van der Waals surface area contributed by atoms with Gasteiger partial charge in [-0.25, -0.2) is 4.98 Å². The highest BCUT2D eigenvalue weighted by atomic mass is 15.3. The lowest BCUT2D eigenvalue weighted by atomic mass is 10.1. The minimum Gasteiger partial charge on any atom is -0.340 e. The summed E-state index contributed by atoms with van der Waals surface area (Å²) in [5.74, 6) is 0. The topological polar surface area (TPSA) is 47.7 Å². The van der Waals surface area contributed by atoms with E-state index in [1.165, 1.54) is 5.69 Å². The first-order valence-electron chi connectivity index (χ1n) is 6.99. The van der Waals surface area contributed by atoms with Crippen LogP contribution in [0.2, 0.25) is 0 Å². The van der Waals surface area contributed by atoms with Crippen LogP contribution in [0.25, 0.3) is 0 Å². The van der Waals surface area contributed by atoms with Gasteiger partial charge in [-0.15, -0.1) is 0 Å². The van der Waals surface area contributed by atoms with Gasteiger partial charge in [0.15, 0.2) is 0 Å². The van der Waals surface area contributed by atoms with Gasteiger partial charge in [0.1, 0.15) is 0 Å². The van der Waals surface area contributed by atoms with E-state index in [1.54, 1.807) is 0 Å². The summed E-state index contributed by atoms with van der Waals surface area (Å²) in [4.78, 5) is 4.49. The van der Waals surface area contributed by atoms with Crippen LogP contribution in [0.3, 0.4) is 0 Å². The average Bonchev–Trinajstić information content (AvgIpc) is 3.01. The molecule has 0 aromatic carbocycles. The summed E-state index contributed by atoms with van der Waals surface area (Å²) in [7, 11) is 2.00. The van der Waals surface area contributed by atoms with Crippen molar-refractivity contribution in [2.75, 3.05) is 6.54 Å². The average molecular weight is 261 g/mol. The Morgan fingerprint density at radius 3 is 2.79 bits per heavy atom. The summed E-state index contributed by atoms with van der Waals surface area (Å²) < 4.78 is 4.05. The molecule has 2 aromatic heterocycles. The fourth-order valence-electron chi connectivity index (χ4n) is 2.22. The second-order valence-electron chi connectivity index (χ2n) is 4.83. The van der Waals surface area contributed by atoms with E-state index in [2.05, 4.69) is 46.2 Å². The van der Waals surface area contributed by atoms with Crippen LogP contribution in [0.1, 0.15) is 44.1 Å². The summed E-state index contributed by atoms with van der Waals surface area (Å²) in [6.45, 7) is 6.25. The maximum atomic E-state index is 4.49. The van der Waals surface area contributed by atoms with E-state index in [0.717, 1.165) is 31.6 Å². The summed E-state index contributed by atoms with van der Waals surface area (Å²) in [6.07, 6.45) is 7.96. The third-order valence-electron chi connectivity index (χ3n) is 3.10. The molecule has 0 fully saturated rings. The number of rotatable bonds is 7. The smallest absolute Gasteiger partial charge is 0.0947 e. The standard InChI is InChI=1S/C14H23N5/c1-4-7-15-14(12-10-18(3)11-16-12)13-6-8-17-19(13)9-5-2/h6,8,10-11,14-15H,4-5,7,9H2,1-3H3. The van der Waals surface area contributed by atoms with E-state index in [1.807, 2.05) is 24.1 Å². The van der Waals surface area contributed by atoms with Crippen LogP contribution in [0.15, 0.2) is 24.8 Å². The molecule has 0 amide bonds. The Morgan fingerprint density at radius 1 is 1.32 bits per heavy atom. The maximum absolute atomic E-state index is 4.49. The third-order valence-corrected chi connectivity index (χ3v) is 3.10. The van der Waals surface area contributed by atoms with Crippen LogP contribution < -0.4 is 5.32 Å². The zero-order valence-electron chi connectivity index (χ0n) is 12.0. The molecule has 5 nitrogen and oxygen atoms in total. The van der Waals surface area contributed by atoms with Crippen molar-refractivity contribution >= 4 is 0 Å². The fourth-order valence-corrected chi connectivity index (χ4v) is 2.22. The number of aryl methyl sites for hydroxylation is 2. The predicted molar refractivity (Wildman–Crippen MR) is 75.9 cm³/mol. The monoisotopic (exact) mass is 261 g/mol. The van der Waals surface area contributed by atoms with Crippen molar-refractivity contribution in [3.05, 3.63) is 36.2 Å². The van der Waals surface area contributed by atoms with Crippen molar-refractivity contribution in [2.45, 2.75) is 39.3 Å². The van der Waals surface area contributed by atoms with Gasteiger partial charge < -0.3 is 9.88 Å². The van der Waals surface area contributed by atoms with Gasteiger partial charge in [-0.1, -0.05) is 13.8 Å². The van der Waals surface area contributed by atoms with Gasteiger partial charge in [0.05, 0.1) is 23.8 Å². The molecule has 0 saturated carbocycles. The summed E-state index contributed by atoms with van der Waals surface area (Å²) >= 11 is 0.